The van der Waals surface area contributed by atoms with Crippen LogP contribution in [0, 0.1) is 5.41 Å². The minimum absolute atomic E-state index is 0. The number of halogens is 1. The smallest absolute Gasteiger partial charge is 0.222 e. The fraction of sp³-hybridized carbons (Fsp3) is 0.895. The van der Waals surface area contributed by atoms with Crippen molar-refractivity contribution in [2.45, 2.75) is 71.6 Å². The number of carbonyl (C=O) groups excluding carboxylic acids is 1. The molecule has 2 fully saturated rings. The predicted octanol–water partition coefficient (Wildman–Crippen LogP) is 3.53. The number of rotatable bonds is 8. The van der Waals surface area contributed by atoms with Gasteiger partial charge in [0, 0.05) is 39.1 Å². The Balaban J connectivity index is 0.00000312. The van der Waals surface area contributed by atoms with Crippen LogP contribution in [0.3, 0.4) is 0 Å². The SMILES string of the molecule is CCNC(=NCC1(CC)CCC1)NCCCN1CCCCCC1=O.I. The number of aliphatic imine (C=N–C) groups is 1. The maximum absolute atomic E-state index is 12.0. The van der Waals surface area contributed by atoms with E-state index in [0.29, 0.717) is 11.3 Å². The number of guanidine groups is 1. The summed E-state index contributed by atoms with van der Waals surface area (Å²) < 4.78 is 0. The van der Waals surface area contributed by atoms with Crippen molar-refractivity contribution in [3.05, 3.63) is 0 Å². The molecule has 0 unspecified atom stereocenters. The molecule has 0 spiro atoms. The normalized spacial score (nSPS) is 20.3. The van der Waals surface area contributed by atoms with Crippen LogP contribution in [0.5, 0.6) is 0 Å². The molecule has 0 bridgehead atoms. The van der Waals surface area contributed by atoms with Gasteiger partial charge in [0.1, 0.15) is 0 Å². The topological polar surface area (TPSA) is 56.7 Å². The van der Waals surface area contributed by atoms with Crippen LogP contribution in [-0.2, 0) is 4.79 Å². The van der Waals surface area contributed by atoms with Crippen LogP contribution >= 0.6 is 24.0 Å². The lowest BCUT2D eigenvalue weighted by Crippen LogP contribution is -2.41. The second-order valence-corrected chi connectivity index (χ2v) is 7.37. The van der Waals surface area contributed by atoms with Crippen LogP contribution in [-0.4, -0.2) is 49.5 Å². The monoisotopic (exact) mass is 464 g/mol. The Bertz CT molecular complexity index is 418. The highest BCUT2D eigenvalue weighted by Gasteiger charge is 2.34. The first-order chi connectivity index (χ1) is 11.7. The Hall–Kier alpha value is -0.530. The summed E-state index contributed by atoms with van der Waals surface area (Å²) in [5.41, 5.74) is 0.459. The number of hydrogen-bond acceptors (Lipinski definition) is 2. The lowest BCUT2D eigenvalue weighted by atomic mass is 9.67. The van der Waals surface area contributed by atoms with E-state index in [0.717, 1.165) is 64.4 Å². The number of carbonyl (C=O) groups is 1. The van der Waals surface area contributed by atoms with Crippen molar-refractivity contribution in [1.29, 1.82) is 0 Å². The Morgan fingerprint density at radius 2 is 1.96 bits per heavy atom. The molecule has 0 aromatic rings. The van der Waals surface area contributed by atoms with Gasteiger partial charge in [-0.15, -0.1) is 24.0 Å². The zero-order valence-corrected chi connectivity index (χ0v) is 18.4. The summed E-state index contributed by atoms with van der Waals surface area (Å²) in [4.78, 5) is 18.8. The van der Waals surface area contributed by atoms with Gasteiger partial charge >= 0.3 is 0 Å². The number of hydrogen-bond donors (Lipinski definition) is 2. The number of nitrogens with zero attached hydrogens (tertiary/aromatic N) is 2. The van der Waals surface area contributed by atoms with Gasteiger partial charge in [-0.25, -0.2) is 0 Å². The third kappa shape index (κ3) is 7.31. The van der Waals surface area contributed by atoms with Crippen molar-refractivity contribution in [2.75, 3.05) is 32.7 Å². The van der Waals surface area contributed by atoms with Crippen LogP contribution in [0.25, 0.3) is 0 Å². The van der Waals surface area contributed by atoms with E-state index in [4.69, 9.17) is 4.99 Å². The second-order valence-electron chi connectivity index (χ2n) is 7.37. The average Bonchev–Trinajstić information content (AvgIpc) is 2.75. The van der Waals surface area contributed by atoms with Crippen molar-refractivity contribution in [3.8, 4) is 0 Å². The summed E-state index contributed by atoms with van der Waals surface area (Å²) in [5, 5.41) is 6.78. The molecule has 2 rings (SSSR count). The molecular weight excluding hydrogens is 427 g/mol. The zero-order valence-electron chi connectivity index (χ0n) is 16.1. The van der Waals surface area contributed by atoms with E-state index in [2.05, 4.69) is 24.5 Å². The minimum Gasteiger partial charge on any atom is -0.357 e. The van der Waals surface area contributed by atoms with E-state index in [-0.39, 0.29) is 24.0 Å². The van der Waals surface area contributed by atoms with E-state index < -0.39 is 0 Å². The molecule has 1 amide bonds. The summed E-state index contributed by atoms with van der Waals surface area (Å²) in [6.07, 6.45) is 10.4. The molecule has 0 atom stereocenters. The van der Waals surface area contributed by atoms with Gasteiger partial charge in [0.15, 0.2) is 5.96 Å². The first-order valence-electron chi connectivity index (χ1n) is 9.99. The van der Waals surface area contributed by atoms with Crippen molar-refractivity contribution in [2.24, 2.45) is 10.4 Å². The Morgan fingerprint density at radius 3 is 2.60 bits per heavy atom. The molecule has 146 valence electrons. The third-order valence-electron chi connectivity index (χ3n) is 5.65. The molecule has 0 aromatic heterocycles. The fourth-order valence-electron chi connectivity index (χ4n) is 3.64. The maximum Gasteiger partial charge on any atom is 0.222 e. The Labute approximate surface area is 170 Å². The maximum atomic E-state index is 12.0. The number of amides is 1. The second kappa shape index (κ2) is 12.0. The summed E-state index contributed by atoms with van der Waals surface area (Å²) in [6, 6.07) is 0. The molecule has 2 aliphatic rings. The molecule has 2 N–H and O–H groups in total. The molecule has 1 aliphatic carbocycles. The summed E-state index contributed by atoms with van der Waals surface area (Å²) in [6.45, 7) is 8.88. The molecule has 6 heteroatoms. The van der Waals surface area contributed by atoms with E-state index in [9.17, 15) is 4.79 Å². The quantitative estimate of drug-likeness (QED) is 0.250. The van der Waals surface area contributed by atoms with Crippen LogP contribution < -0.4 is 10.6 Å². The number of likely N-dealkylation sites (tertiary alicyclic amines) is 1. The molecule has 25 heavy (non-hydrogen) atoms. The fourth-order valence-corrected chi connectivity index (χ4v) is 3.64. The van der Waals surface area contributed by atoms with Crippen molar-refractivity contribution in [1.82, 2.24) is 15.5 Å². The van der Waals surface area contributed by atoms with Crippen molar-refractivity contribution in [3.63, 3.8) is 0 Å². The molecule has 0 aromatic carbocycles. The lowest BCUT2D eigenvalue weighted by molar-refractivity contribution is -0.130. The van der Waals surface area contributed by atoms with E-state index in [1.54, 1.807) is 0 Å². The van der Waals surface area contributed by atoms with Crippen LogP contribution in [0.4, 0.5) is 0 Å². The molecule has 1 saturated carbocycles. The summed E-state index contributed by atoms with van der Waals surface area (Å²) >= 11 is 0. The van der Waals surface area contributed by atoms with Gasteiger partial charge in [0.2, 0.25) is 5.91 Å². The summed E-state index contributed by atoms with van der Waals surface area (Å²) in [7, 11) is 0. The minimum atomic E-state index is 0. The molecular formula is C19H37IN4O. The molecule has 1 aliphatic heterocycles. The van der Waals surface area contributed by atoms with Crippen LogP contribution in [0.1, 0.15) is 71.6 Å². The van der Waals surface area contributed by atoms with E-state index in [1.165, 1.54) is 32.1 Å². The highest BCUT2D eigenvalue weighted by molar-refractivity contribution is 14.0. The van der Waals surface area contributed by atoms with Gasteiger partial charge in [-0.3, -0.25) is 9.79 Å². The first-order valence-corrected chi connectivity index (χ1v) is 9.99. The largest absolute Gasteiger partial charge is 0.357 e. The Kier molecular flexibility index (Phi) is 10.8. The van der Waals surface area contributed by atoms with E-state index >= 15 is 0 Å². The summed E-state index contributed by atoms with van der Waals surface area (Å²) in [5.74, 6) is 1.27. The van der Waals surface area contributed by atoms with E-state index in [1.807, 2.05) is 4.90 Å². The molecule has 0 radical (unpaired) electrons. The number of nitrogens with one attached hydrogen (secondary N) is 2. The predicted molar refractivity (Wildman–Crippen MR) is 116 cm³/mol. The van der Waals surface area contributed by atoms with Crippen LogP contribution in [0.2, 0.25) is 0 Å². The average molecular weight is 464 g/mol. The van der Waals surface area contributed by atoms with Gasteiger partial charge in [-0.2, -0.15) is 0 Å². The molecule has 5 nitrogen and oxygen atoms in total. The van der Waals surface area contributed by atoms with Crippen LogP contribution in [0.15, 0.2) is 4.99 Å². The Morgan fingerprint density at radius 1 is 1.16 bits per heavy atom. The van der Waals surface area contributed by atoms with Crippen molar-refractivity contribution >= 4 is 35.8 Å². The molecule has 1 heterocycles. The first kappa shape index (κ1) is 22.5. The van der Waals surface area contributed by atoms with Gasteiger partial charge < -0.3 is 15.5 Å². The lowest BCUT2D eigenvalue weighted by Gasteiger charge is -2.40. The standard InChI is InChI=1S/C19H36N4O.HI/c1-3-19(11-8-12-19)16-22-18(20-4-2)21-13-9-15-23-14-7-5-6-10-17(23)24;/h3-16H2,1-2H3,(H2,20,21,22);1H. The van der Waals surface area contributed by atoms with Gasteiger partial charge in [0.25, 0.3) is 0 Å². The third-order valence-corrected chi connectivity index (χ3v) is 5.65. The highest BCUT2D eigenvalue weighted by atomic mass is 127. The van der Waals surface area contributed by atoms with Crippen molar-refractivity contribution < 1.29 is 4.79 Å². The van der Waals surface area contributed by atoms with Gasteiger partial charge in [-0.05, 0) is 50.9 Å². The highest BCUT2D eigenvalue weighted by Crippen LogP contribution is 2.43. The molecule has 1 saturated heterocycles. The van der Waals surface area contributed by atoms with Gasteiger partial charge in [0.05, 0.1) is 0 Å². The zero-order chi connectivity index (χ0) is 17.3. The van der Waals surface area contributed by atoms with Gasteiger partial charge in [-0.1, -0.05) is 19.8 Å².